The van der Waals surface area contributed by atoms with Gasteiger partial charge in [-0.3, -0.25) is 9.78 Å². The van der Waals surface area contributed by atoms with Gasteiger partial charge in [0.2, 0.25) is 0 Å². The van der Waals surface area contributed by atoms with Gasteiger partial charge in [0.15, 0.2) is 0 Å². The second-order valence-electron chi connectivity index (χ2n) is 6.63. The summed E-state index contributed by atoms with van der Waals surface area (Å²) in [7, 11) is 0. The SMILES string of the molecule is C=CCC(C(=O)O)c1cc(-c2cc(F)ccc2NC(CC=C=O)COCC)ccn1. The molecular formula is C23H25FN2O4. The number of nitrogens with zero attached hydrogens (tertiary/aromatic N) is 1. The van der Waals surface area contributed by atoms with Crippen LogP contribution in [0.15, 0.2) is 55.3 Å². The average Bonchev–Trinajstić information content (AvgIpc) is 2.74. The van der Waals surface area contributed by atoms with Gasteiger partial charge in [-0.15, -0.1) is 6.58 Å². The summed E-state index contributed by atoms with van der Waals surface area (Å²) in [5, 5.41) is 12.8. The number of allylic oxidation sites excluding steroid dienone is 1. The summed E-state index contributed by atoms with van der Waals surface area (Å²) in [6.45, 7) is 6.35. The van der Waals surface area contributed by atoms with Crippen LogP contribution in [0.4, 0.5) is 10.1 Å². The van der Waals surface area contributed by atoms with Crippen LogP contribution in [0.3, 0.4) is 0 Å². The number of pyridine rings is 1. The zero-order valence-electron chi connectivity index (χ0n) is 16.8. The minimum absolute atomic E-state index is 0.218. The predicted octanol–water partition coefficient (Wildman–Crippen LogP) is 4.23. The number of anilines is 1. The number of aromatic nitrogens is 1. The maximum absolute atomic E-state index is 14.1. The highest BCUT2D eigenvalue weighted by atomic mass is 19.1. The van der Waals surface area contributed by atoms with E-state index >= 15 is 0 Å². The highest BCUT2D eigenvalue weighted by Gasteiger charge is 2.21. The summed E-state index contributed by atoms with van der Waals surface area (Å²) in [6.07, 6.45) is 5.03. The second kappa shape index (κ2) is 11.7. The van der Waals surface area contributed by atoms with Gasteiger partial charge in [-0.05, 0) is 55.7 Å². The molecule has 2 rings (SSSR count). The van der Waals surface area contributed by atoms with Gasteiger partial charge in [0.25, 0.3) is 0 Å². The largest absolute Gasteiger partial charge is 0.481 e. The normalized spacial score (nSPS) is 12.5. The first-order valence-corrected chi connectivity index (χ1v) is 9.63. The molecule has 0 aliphatic rings. The monoisotopic (exact) mass is 412 g/mol. The van der Waals surface area contributed by atoms with Crippen LogP contribution in [-0.4, -0.2) is 41.3 Å². The number of benzene rings is 1. The van der Waals surface area contributed by atoms with Crippen molar-refractivity contribution in [3.63, 3.8) is 0 Å². The van der Waals surface area contributed by atoms with E-state index in [2.05, 4.69) is 16.9 Å². The first-order valence-electron chi connectivity index (χ1n) is 9.63. The van der Waals surface area contributed by atoms with E-state index in [4.69, 9.17) is 4.74 Å². The van der Waals surface area contributed by atoms with Crippen LogP contribution in [0.2, 0.25) is 0 Å². The Bertz CT molecular complexity index is 925. The standard InChI is InChI=1S/C23H25FN2O4/c1-3-6-19(23(28)29)22-13-16(10-11-25-22)20-14-17(24)8-9-21(20)26-18(7-5-12-27)15-30-4-2/h3,5,8-11,13-14,18-19,26H,1,4,6-7,15H2,2H3,(H,28,29). The summed E-state index contributed by atoms with van der Waals surface area (Å²) >= 11 is 0. The molecule has 7 heteroatoms. The quantitative estimate of drug-likeness (QED) is 0.401. The molecule has 0 bridgehead atoms. The Labute approximate surface area is 175 Å². The molecule has 2 atom stereocenters. The van der Waals surface area contributed by atoms with Crippen LogP contribution in [0.25, 0.3) is 11.1 Å². The van der Waals surface area contributed by atoms with Crippen molar-refractivity contribution in [2.24, 2.45) is 0 Å². The smallest absolute Gasteiger partial charge is 0.312 e. The molecule has 2 unspecified atom stereocenters. The third-order valence-corrected chi connectivity index (χ3v) is 4.50. The number of halogens is 1. The molecule has 158 valence electrons. The number of ether oxygens (including phenoxy) is 1. The molecule has 0 spiro atoms. The minimum atomic E-state index is -1.01. The molecule has 1 aromatic heterocycles. The third kappa shape index (κ3) is 6.37. The fourth-order valence-corrected chi connectivity index (χ4v) is 3.04. The van der Waals surface area contributed by atoms with Gasteiger partial charge in [-0.25, -0.2) is 9.18 Å². The Morgan fingerprint density at radius 1 is 1.37 bits per heavy atom. The van der Waals surface area contributed by atoms with Gasteiger partial charge < -0.3 is 15.2 Å². The lowest BCUT2D eigenvalue weighted by atomic mass is 9.96. The van der Waals surface area contributed by atoms with Crippen molar-refractivity contribution in [3.05, 3.63) is 66.8 Å². The Hall–Kier alpha value is -3.28. The minimum Gasteiger partial charge on any atom is -0.481 e. The molecular weight excluding hydrogens is 387 g/mol. The zero-order chi connectivity index (χ0) is 21.9. The van der Waals surface area contributed by atoms with E-state index in [1.54, 1.807) is 24.1 Å². The van der Waals surface area contributed by atoms with E-state index in [0.29, 0.717) is 42.1 Å². The molecule has 6 nitrogen and oxygen atoms in total. The van der Waals surface area contributed by atoms with Crippen LogP contribution in [0.5, 0.6) is 0 Å². The van der Waals surface area contributed by atoms with Crippen molar-refractivity contribution in [2.45, 2.75) is 31.7 Å². The fraction of sp³-hybridized carbons (Fsp3) is 0.304. The molecule has 0 saturated carbocycles. The molecule has 0 saturated heterocycles. The number of carboxylic acid groups (broad SMARTS) is 1. The molecule has 0 aliphatic carbocycles. The second-order valence-corrected chi connectivity index (χ2v) is 6.63. The van der Waals surface area contributed by atoms with E-state index in [0.717, 1.165) is 0 Å². The van der Waals surface area contributed by atoms with Gasteiger partial charge in [0.1, 0.15) is 17.7 Å². The lowest BCUT2D eigenvalue weighted by molar-refractivity contribution is -0.138. The van der Waals surface area contributed by atoms with Crippen molar-refractivity contribution < 1.29 is 23.8 Å². The van der Waals surface area contributed by atoms with Gasteiger partial charge in [0, 0.05) is 30.1 Å². The number of hydrogen-bond donors (Lipinski definition) is 2. The van der Waals surface area contributed by atoms with Crippen LogP contribution < -0.4 is 5.32 Å². The van der Waals surface area contributed by atoms with Crippen LogP contribution in [0.1, 0.15) is 31.4 Å². The Morgan fingerprint density at radius 2 is 2.17 bits per heavy atom. The molecule has 0 fully saturated rings. The maximum atomic E-state index is 14.1. The first-order chi connectivity index (χ1) is 14.5. The first kappa shape index (κ1) is 23.0. The molecule has 0 amide bonds. The summed E-state index contributed by atoms with van der Waals surface area (Å²) in [5.74, 6) is -0.513. The van der Waals surface area contributed by atoms with Gasteiger partial charge in [0.05, 0.1) is 18.3 Å². The van der Waals surface area contributed by atoms with Crippen LogP contribution in [-0.2, 0) is 14.3 Å². The lowest BCUT2D eigenvalue weighted by Crippen LogP contribution is -2.25. The number of hydrogen-bond acceptors (Lipinski definition) is 5. The summed E-state index contributed by atoms with van der Waals surface area (Å²) < 4.78 is 19.5. The van der Waals surface area contributed by atoms with Gasteiger partial charge >= 0.3 is 5.97 Å². The summed E-state index contributed by atoms with van der Waals surface area (Å²) in [4.78, 5) is 26.4. The summed E-state index contributed by atoms with van der Waals surface area (Å²) in [6, 6.07) is 7.43. The molecule has 1 heterocycles. The van der Waals surface area contributed by atoms with Crippen LogP contribution in [0, 0.1) is 5.82 Å². The van der Waals surface area contributed by atoms with E-state index in [1.807, 2.05) is 6.92 Å². The number of rotatable bonds is 12. The van der Waals surface area contributed by atoms with Gasteiger partial charge in [-0.1, -0.05) is 6.08 Å². The molecule has 30 heavy (non-hydrogen) atoms. The van der Waals surface area contributed by atoms with Gasteiger partial charge in [-0.2, -0.15) is 0 Å². The topological polar surface area (TPSA) is 88.5 Å². The molecule has 2 N–H and O–H groups in total. The van der Waals surface area contributed by atoms with E-state index in [-0.39, 0.29) is 12.5 Å². The average molecular weight is 412 g/mol. The molecule has 0 radical (unpaired) electrons. The van der Waals surface area contributed by atoms with Crippen molar-refractivity contribution in [3.8, 4) is 11.1 Å². The highest BCUT2D eigenvalue weighted by molar-refractivity contribution is 5.80. The zero-order valence-corrected chi connectivity index (χ0v) is 16.8. The van der Waals surface area contributed by atoms with Crippen LogP contribution >= 0.6 is 0 Å². The number of carbonyl (C=O) groups excluding carboxylic acids is 1. The lowest BCUT2D eigenvalue weighted by Gasteiger charge is -2.21. The maximum Gasteiger partial charge on any atom is 0.312 e. The number of carbonyl (C=O) groups is 1. The van der Waals surface area contributed by atoms with E-state index in [9.17, 15) is 19.1 Å². The van der Waals surface area contributed by atoms with Crippen molar-refractivity contribution in [1.29, 1.82) is 0 Å². The Morgan fingerprint density at radius 3 is 2.83 bits per heavy atom. The molecule has 2 aromatic rings. The molecule has 1 aromatic carbocycles. The molecule has 0 aliphatic heterocycles. The predicted molar refractivity (Wildman–Crippen MR) is 114 cm³/mol. The fourth-order valence-electron chi connectivity index (χ4n) is 3.04. The number of nitrogens with one attached hydrogen (secondary N) is 1. The summed E-state index contributed by atoms with van der Waals surface area (Å²) in [5.41, 5.74) is 2.18. The van der Waals surface area contributed by atoms with Crippen molar-refractivity contribution in [1.82, 2.24) is 4.98 Å². The highest BCUT2D eigenvalue weighted by Crippen LogP contribution is 2.31. The number of aliphatic carboxylic acids is 1. The van der Waals surface area contributed by atoms with E-state index < -0.39 is 17.7 Å². The third-order valence-electron chi connectivity index (χ3n) is 4.50. The van der Waals surface area contributed by atoms with Crippen molar-refractivity contribution >= 4 is 17.6 Å². The Balaban J connectivity index is 2.43. The van der Waals surface area contributed by atoms with E-state index in [1.165, 1.54) is 30.5 Å². The van der Waals surface area contributed by atoms with Crippen molar-refractivity contribution in [2.75, 3.05) is 18.5 Å². The Kier molecular flexibility index (Phi) is 8.94. The number of carboxylic acids is 1.